The van der Waals surface area contributed by atoms with Gasteiger partial charge in [0.2, 0.25) is 0 Å². The molecular weight excluding hydrogens is 116 g/mol. The third-order valence-electron chi connectivity index (χ3n) is 0.598. The summed E-state index contributed by atoms with van der Waals surface area (Å²) >= 11 is 0. The highest BCUT2D eigenvalue weighted by Crippen LogP contribution is 1.82. The lowest BCUT2D eigenvalue weighted by Gasteiger charge is -1.89. The van der Waals surface area contributed by atoms with E-state index >= 15 is 0 Å². The topological polar surface area (TPSA) is 29.5 Å². The van der Waals surface area contributed by atoms with E-state index in [0.717, 1.165) is 19.4 Å². The Labute approximate surface area is 57.8 Å². The maximum Gasteiger partial charge on any atom is 0.0462 e. The molecule has 0 fully saturated rings. The fourth-order valence-electron chi connectivity index (χ4n) is 0.246. The van der Waals surface area contributed by atoms with Crippen LogP contribution in [0.1, 0.15) is 19.8 Å². The van der Waals surface area contributed by atoms with Crippen LogP contribution in [0.15, 0.2) is 0 Å². The Bertz CT molecular complexity index is 26.1. The first kappa shape index (κ1) is 11.7. The van der Waals surface area contributed by atoms with Crippen molar-refractivity contribution in [3.63, 3.8) is 0 Å². The van der Waals surface area contributed by atoms with Gasteiger partial charge in [-0.2, -0.15) is 0 Å². The first-order valence-corrected chi connectivity index (χ1v) is 3.22. The highest BCUT2D eigenvalue weighted by atomic mass is 16.5. The van der Waals surface area contributed by atoms with Crippen LogP contribution in [0, 0.1) is 6.92 Å². The number of hydrogen-bond acceptors (Lipinski definition) is 2. The van der Waals surface area contributed by atoms with E-state index < -0.39 is 0 Å². The van der Waals surface area contributed by atoms with Crippen LogP contribution in [0.2, 0.25) is 0 Å². The Morgan fingerprint density at radius 1 is 1.56 bits per heavy atom. The monoisotopic (exact) mass is 133 g/mol. The molecule has 9 heavy (non-hydrogen) atoms. The zero-order valence-corrected chi connectivity index (χ0v) is 6.39. The molecular formula is C7H17O2. The van der Waals surface area contributed by atoms with Crippen LogP contribution in [0.25, 0.3) is 0 Å². The van der Waals surface area contributed by atoms with Gasteiger partial charge in [0, 0.05) is 20.3 Å². The van der Waals surface area contributed by atoms with Gasteiger partial charge in [-0.3, -0.25) is 0 Å². The predicted octanol–water partition coefficient (Wildman–Crippen LogP) is 1.25. The van der Waals surface area contributed by atoms with Crippen molar-refractivity contribution in [2.45, 2.75) is 19.8 Å². The minimum Gasteiger partial charge on any atom is -0.397 e. The average molecular weight is 133 g/mol. The molecule has 1 radical (unpaired) electrons. The summed E-state index contributed by atoms with van der Waals surface area (Å²) in [7, 11) is 1.70. The fraction of sp³-hybridized carbons (Fsp3) is 0.857. The molecule has 0 unspecified atom stereocenters. The zero-order chi connectivity index (χ0) is 7.54. The smallest absolute Gasteiger partial charge is 0.0462 e. The van der Waals surface area contributed by atoms with Crippen LogP contribution in [-0.4, -0.2) is 25.4 Å². The van der Waals surface area contributed by atoms with E-state index in [0.29, 0.717) is 0 Å². The lowest BCUT2D eigenvalue weighted by atomic mass is 10.4. The van der Waals surface area contributed by atoms with E-state index in [4.69, 9.17) is 9.84 Å². The first-order valence-electron chi connectivity index (χ1n) is 3.22. The van der Waals surface area contributed by atoms with Crippen molar-refractivity contribution in [1.29, 1.82) is 0 Å². The lowest BCUT2D eigenvalue weighted by molar-refractivity contribution is 0.195. The number of rotatable bonds is 3. The molecule has 0 aromatic carbocycles. The lowest BCUT2D eigenvalue weighted by Crippen LogP contribution is -1.84. The van der Waals surface area contributed by atoms with E-state index in [1.165, 1.54) is 0 Å². The van der Waals surface area contributed by atoms with Crippen LogP contribution in [0.5, 0.6) is 0 Å². The van der Waals surface area contributed by atoms with Crippen molar-refractivity contribution in [3.8, 4) is 0 Å². The number of aliphatic hydroxyl groups is 1. The maximum absolute atomic E-state index is 7.57. The second-order valence-electron chi connectivity index (χ2n) is 1.52. The van der Waals surface area contributed by atoms with Crippen LogP contribution in [0.3, 0.4) is 0 Å². The van der Waals surface area contributed by atoms with E-state index in [2.05, 4.69) is 6.92 Å². The summed E-state index contributed by atoms with van der Waals surface area (Å²) in [5.41, 5.74) is 0. The minimum absolute atomic E-state index is 0.250. The molecule has 0 atom stereocenters. The molecule has 0 aromatic rings. The number of unbranched alkanes of at least 4 members (excludes halogenated alkanes) is 1. The molecule has 0 saturated heterocycles. The van der Waals surface area contributed by atoms with E-state index in [1.807, 2.05) is 0 Å². The normalized spacial score (nSPS) is 8.00. The summed E-state index contributed by atoms with van der Waals surface area (Å²) in [5.74, 6) is 0. The number of aliphatic hydroxyl groups excluding tert-OH is 1. The molecule has 57 valence electrons. The van der Waals surface area contributed by atoms with Gasteiger partial charge >= 0.3 is 0 Å². The van der Waals surface area contributed by atoms with Gasteiger partial charge in [0.25, 0.3) is 0 Å². The van der Waals surface area contributed by atoms with Gasteiger partial charge in [-0.25, -0.2) is 0 Å². The quantitative estimate of drug-likeness (QED) is 0.587. The third-order valence-corrected chi connectivity index (χ3v) is 0.598. The molecule has 0 spiro atoms. The van der Waals surface area contributed by atoms with Gasteiger partial charge < -0.3 is 9.84 Å². The maximum atomic E-state index is 7.57. The Morgan fingerprint density at radius 2 is 2.00 bits per heavy atom. The van der Waals surface area contributed by atoms with Gasteiger partial charge in [-0.05, 0) is 13.3 Å². The zero-order valence-electron chi connectivity index (χ0n) is 6.39. The van der Waals surface area contributed by atoms with Crippen LogP contribution in [-0.2, 0) is 4.74 Å². The summed E-state index contributed by atoms with van der Waals surface area (Å²) in [5, 5.41) is 7.57. The summed E-state index contributed by atoms with van der Waals surface area (Å²) in [6.45, 7) is 6.42. The number of ether oxygens (including phenoxy) is 1. The van der Waals surface area contributed by atoms with Gasteiger partial charge in [-0.1, -0.05) is 13.3 Å². The molecule has 0 aromatic heterocycles. The molecule has 0 aliphatic heterocycles. The molecule has 0 aliphatic carbocycles. The van der Waals surface area contributed by atoms with E-state index in [-0.39, 0.29) is 6.61 Å². The second-order valence-corrected chi connectivity index (χ2v) is 1.52. The van der Waals surface area contributed by atoms with E-state index in [9.17, 15) is 0 Å². The summed E-state index contributed by atoms with van der Waals surface area (Å²) in [6, 6.07) is 0. The highest BCUT2D eigenvalue weighted by molar-refractivity contribution is 4.36. The number of hydrogen-bond donors (Lipinski definition) is 1. The molecule has 0 aliphatic rings. The van der Waals surface area contributed by atoms with E-state index in [1.54, 1.807) is 14.0 Å². The molecule has 0 saturated carbocycles. The molecule has 0 amide bonds. The molecule has 2 nitrogen and oxygen atoms in total. The van der Waals surface area contributed by atoms with Crippen LogP contribution >= 0.6 is 0 Å². The van der Waals surface area contributed by atoms with Crippen molar-refractivity contribution < 1.29 is 9.84 Å². The first-order chi connectivity index (χ1) is 4.33. The summed E-state index contributed by atoms with van der Waals surface area (Å²) in [4.78, 5) is 0. The Hall–Kier alpha value is -0.0800. The minimum atomic E-state index is 0.250. The molecule has 1 N–H and O–H groups in total. The summed E-state index contributed by atoms with van der Waals surface area (Å²) in [6.07, 6.45) is 2.06. The van der Waals surface area contributed by atoms with Gasteiger partial charge in [0.05, 0.1) is 0 Å². The Balaban J connectivity index is 0. The Morgan fingerprint density at radius 3 is 2.11 bits per heavy atom. The predicted molar refractivity (Wildman–Crippen MR) is 39.2 cm³/mol. The van der Waals surface area contributed by atoms with Crippen molar-refractivity contribution in [3.05, 3.63) is 6.92 Å². The van der Waals surface area contributed by atoms with Crippen LogP contribution < -0.4 is 0 Å². The van der Waals surface area contributed by atoms with Gasteiger partial charge in [-0.15, -0.1) is 0 Å². The fourth-order valence-corrected chi connectivity index (χ4v) is 0.246. The third kappa shape index (κ3) is 32.6. The second kappa shape index (κ2) is 15.7. The van der Waals surface area contributed by atoms with Crippen LogP contribution in [0.4, 0.5) is 0 Å². The molecule has 0 heterocycles. The average Bonchev–Trinajstić information content (AvgIpc) is 1.86. The molecule has 0 rings (SSSR count). The van der Waals surface area contributed by atoms with Crippen molar-refractivity contribution in [2.24, 2.45) is 0 Å². The molecule has 0 bridgehead atoms. The van der Waals surface area contributed by atoms with Crippen molar-refractivity contribution in [2.75, 3.05) is 20.3 Å². The van der Waals surface area contributed by atoms with Crippen molar-refractivity contribution >= 4 is 0 Å². The molecule has 2 heteroatoms. The SMILES string of the molecule is CCO.[CH2]CCCOC. The van der Waals surface area contributed by atoms with Gasteiger partial charge in [0.15, 0.2) is 0 Å². The number of methoxy groups -OCH3 is 1. The van der Waals surface area contributed by atoms with Gasteiger partial charge in [0.1, 0.15) is 0 Å². The largest absolute Gasteiger partial charge is 0.397 e. The summed E-state index contributed by atoms with van der Waals surface area (Å²) < 4.78 is 4.74. The Kier molecular flexibility index (Phi) is 20.3. The standard InChI is InChI=1S/C5H11O.C2H6O/c1-3-4-5-6-2;1-2-3/h1,3-5H2,2H3;3H,2H2,1H3. The highest BCUT2D eigenvalue weighted by Gasteiger charge is 1.74. The van der Waals surface area contributed by atoms with Crippen molar-refractivity contribution in [1.82, 2.24) is 0 Å².